The Morgan fingerprint density at radius 3 is 1.81 bits per heavy atom. The zero-order valence-electron chi connectivity index (χ0n) is 17.6. The fourth-order valence-corrected chi connectivity index (χ4v) is 3.85. The van der Waals surface area contributed by atoms with Crippen molar-refractivity contribution in [2.75, 3.05) is 0 Å². The van der Waals surface area contributed by atoms with Gasteiger partial charge in [0.15, 0.2) is 0 Å². The van der Waals surface area contributed by atoms with Gasteiger partial charge in [0.05, 0.1) is 11.1 Å². The van der Waals surface area contributed by atoms with E-state index in [-0.39, 0.29) is 23.8 Å². The molecule has 3 aromatic rings. The summed E-state index contributed by atoms with van der Waals surface area (Å²) in [7, 11) is 0. The van der Waals surface area contributed by atoms with Crippen LogP contribution in [0.5, 0.6) is 0 Å². The standard InChI is InChI=1S/C26H24N2O3/c1-18(2)28-25(30)22-14-13-21(15-23(22)26(28)31)24(29)27(16-19-9-5-3-6-10-19)17-20-11-7-4-8-12-20/h3-15,18H,16-17H2,1-2H3. The van der Waals surface area contributed by atoms with Gasteiger partial charge in [-0.25, -0.2) is 0 Å². The molecule has 1 heterocycles. The summed E-state index contributed by atoms with van der Waals surface area (Å²) in [5.74, 6) is -0.833. The van der Waals surface area contributed by atoms with Gasteiger partial charge in [0.2, 0.25) is 0 Å². The van der Waals surface area contributed by atoms with Gasteiger partial charge in [-0.3, -0.25) is 19.3 Å². The maximum atomic E-state index is 13.5. The fraction of sp³-hybridized carbons (Fsp3) is 0.192. The van der Waals surface area contributed by atoms with Gasteiger partial charge >= 0.3 is 0 Å². The molecule has 0 atom stereocenters. The molecule has 0 aromatic heterocycles. The second kappa shape index (κ2) is 8.56. The van der Waals surface area contributed by atoms with E-state index in [1.807, 2.05) is 60.7 Å². The molecule has 1 aliphatic rings. The molecule has 0 spiro atoms. The highest BCUT2D eigenvalue weighted by molar-refractivity contribution is 6.22. The average Bonchev–Trinajstić information content (AvgIpc) is 3.04. The fourth-order valence-electron chi connectivity index (χ4n) is 3.85. The van der Waals surface area contributed by atoms with Crippen molar-refractivity contribution in [1.29, 1.82) is 0 Å². The summed E-state index contributed by atoms with van der Waals surface area (Å²) in [5.41, 5.74) is 3.09. The molecule has 0 saturated carbocycles. The smallest absolute Gasteiger partial charge is 0.261 e. The molecule has 1 aliphatic heterocycles. The lowest BCUT2D eigenvalue weighted by molar-refractivity contribution is 0.0608. The lowest BCUT2D eigenvalue weighted by atomic mass is 10.0. The van der Waals surface area contributed by atoms with E-state index in [0.29, 0.717) is 29.8 Å². The van der Waals surface area contributed by atoms with Crippen LogP contribution in [0.1, 0.15) is 56.0 Å². The summed E-state index contributed by atoms with van der Waals surface area (Å²) in [6.07, 6.45) is 0. The summed E-state index contributed by atoms with van der Waals surface area (Å²) in [6.45, 7) is 4.48. The summed E-state index contributed by atoms with van der Waals surface area (Å²) < 4.78 is 0. The number of fused-ring (bicyclic) bond motifs is 1. The molecule has 0 N–H and O–H groups in total. The first-order valence-corrected chi connectivity index (χ1v) is 10.3. The van der Waals surface area contributed by atoms with Crippen LogP contribution in [-0.2, 0) is 13.1 Å². The van der Waals surface area contributed by atoms with E-state index in [2.05, 4.69) is 0 Å². The Morgan fingerprint density at radius 1 is 0.774 bits per heavy atom. The largest absolute Gasteiger partial charge is 0.330 e. The molecule has 31 heavy (non-hydrogen) atoms. The molecular formula is C26H24N2O3. The number of nitrogens with zero attached hydrogens (tertiary/aromatic N) is 2. The molecule has 0 radical (unpaired) electrons. The second-order valence-electron chi connectivity index (χ2n) is 7.97. The van der Waals surface area contributed by atoms with E-state index in [0.717, 1.165) is 11.1 Å². The third-order valence-corrected chi connectivity index (χ3v) is 5.40. The van der Waals surface area contributed by atoms with E-state index in [1.165, 1.54) is 4.90 Å². The maximum absolute atomic E-state index is 13.5. The summed E-state index contributed by atoms with van der Waals surface area (Å²) >= 11 is 0. The number of carbonyl (C=O) groups is 3. The van der Waals surface area contributed by atoms with Crippen LogP contribution in [-0.4, -0.2) is 33.6 Å². The average molecular weight is 412 g/mol. The van der Waals surface area contributed by atoms with Crippen molar-refractivity contribution in [2.45, 2.75) is 33.0 Å². The molecule has 156 valence electrons. The molecule has 5 nitrogen and oxygen atoms in total. The highest BCUT2D eigenvalue weighted by atomic mass is 16.2. The molecule has 0 aliphatic carbocycles. The van der Waals surface area contributed by atoms with Crippen LogP contribution in [0.15, 0.2) is 78.9 Å². The van der Waals surface area contributed by atoms with E-state index in [1.54, 1.807) is 36.9 Å². The highest BCUT2D eigenvalue weighted by Crippen LogP contribution is 2.26. The Kier molecular flexibility index (Phi) is 5.67. The molecular weight excluding hydrogens is 388 g/mol. The Bertz CT molecular complexity index is 1080. The van der Waals surface area contributed by atoms with Crippen LogP contribution in [0.25, 0.3) is 0 Å². The highest BCUT2D eigenvalue weighted by Gasteiger charge is 2.37. The van der Waals surface area contributed by atoms with Crippen molar-refractivity contribution in [2.24, 2.45) is 0 Å². The van der Waals surface area contributed by atoms with Gasteiger partial charge in [0.1, 0.15) is 0 Å². The first-order chi connectivity index (χ1) is 15.0. The van der Waals surface area contributed by atoms with Crippen LogP contribution in [0.2, 0.25) is 0 Å². The van der Waals surface area contributed by atoms with Crippen molar-refractivity contribution in [3.05, 3.63) is 107 Å². The van der Waals surface area contributed by atoms with Crippen molar-refractivity contribution >= 4 is 17.7 Å². The number of imide groups is 1. The van der Waals surface area contributed by atoms with Crippen LogP contribution < -0.4 is 0 Å². The van der Waals surface area contributed by atoms with Gasteiger partial charge in [0.25, 0.3) is 17.7 Å². The van der Waals surface area contributed by atoms with Gasteiger partial charge in [-0.05, 0) is 43.2 Å². The van der Waals surface area contributed by atoms with Gasteiger partial charge in [-0.15, -0.1) is 0 Å². The molecule has 3 amide bonds. The zero-order chi connectivity index (χ0) is 22.0. The predicted octanol–water partition coefficient (Wildman–Crippen LogP) is 4.53. The van der Waals surface area contributed by atoms with Crippen molar-refractivity contribution in [3.8, 4) is 0 Å². The Labute approximate surface area is 181 Å². The van der Waals surface area contributed by atoms with Crippen LogP contribution in [0.4, 0.5) is 0 Å². The maximum Gasteiger partial charge on any atom is 0.261 e. The summed E-state index contributed by atoms with van der Waals surface area (Å²) in [5, 5.41) is 0. The topological polar surface area (TPSA) is 57.7 Å². The van der Waals surface area contributed by atoms with E-state index in [4.69, 9.17) is 0 Å². The minimum absolute atomic E-state index is 0.182. The number of benzene rings is 3. The lowest BCUT2D eigenvalue weighted by Gasteiger charge is -2.23. The van der Waals surface area contributed by atoms with E-state index in [9.17, 15) is 14.4 Å². The van der Waals surface area contributed by atoms with Crippen molar-refractivity contribution < 1.29 is 14.4 Å². The SMILES string of the molecule is CC(C)N1C(=O)c2ccc(C(=O)N(Cc3ccccc3)Cc3ccccc3)cc2C1=O. The van der Waals surface area contributed by atoms with E-state index >= 15 is 0 Å². The lowest BCUT2D eigenvalue weighted by Crippen LogP contribution is -2.35. The number of amides is 3. The normalized spacial score (nSPS) is 12.9. The van der Waals surface area contributed by atoms with Crippen LogP contribution in [0, 0.1) is 0 Å². The number of carbonyl (C=O) groups excluding carboxylic acids is 3. The third kappa shape index (κ3) is 4.12. The number of hydrogen-bond acceptors (Lipinski definition) is 3. The van der Waals surface area contributed by atoms with Crippen LogP contribution >= 0.6 is 0 Å². The molecule has 0 bridgehead atoms. The molecule has 0 saturated heterocycles. The molecule has 4 rings (SSSR count). The molecule has 0 fully saturated rings. The van der Waals surface area contributed by atoms with E-state index < -0.39 is 0 Å². The minimum atomic E-state index is -0.345. The Hall–Kier alpha value is -3.73. The Balaban J connectivity index is 1.66. The van der Waals surface area contributed by atoms with Crippen molar-refractivity contribution in [3.63, 3.8) is 0 Å². The molecule has 0 unspecified atom stereocenters. The number of rotatable bonds is 6. The van der Waals surface area contributed by atoms with Gasteiger partial charge in [-0.2, -0.15) is 0 Å². The van der Waals surface area contributed by atoms with Gasteiger partial charge < -0.3 is 4.90 Å². The summed E-state index contributed by atoms with van der Waals surface area (Å²) in [6, 6.07) is 24.1. The van der Waals surface area contributed by atoms with Crippen molar-refractivity contribution in [1.82, 2.24) is 9.80 Å². The zero-order valence-corrected chi connectivity index (χ0v) is 17.6. The minimum Gasteiger partial charge on any atom is -0.330 e. The quantitative estimate of drug-likeness (QED) is 0.559. The van der Waals surface area contributed by atoms with Gasteiger partial charge in [-0.1, -0.05) is 60.7 Å². The Morgan fingerprint density at radius 2 is 1.29 bits per heavy atom. The number of hydrogen-bond donors (Lipinski definition) is 0. The molecule has 5 heteroatoms. The van der Waals surface area contributed by atoms with Crippen LogP contribution in [0.3, 0.4) is 0 Å². The first-order valence-electron chi connectivity index (χ1n) is 10.3. The monoisotopic (exact) mass is 412 g/mol. The first kappa shape index (κ1) is 20.5. The molecule has 3 aromatic carbocycles. The predicted molar refractivity (Wildman–Crippen MR) is 119 cm³/mol. The summed E-state index contributed by atoms with van der Waals surface area (Å²) in [4.78, 5) is 41.8. The third-order valence-electron chi connectivity index (χ3n) is 5.40. The second-order valence-corrected chi connectivity index (χ2v) is 7.97. The van der Waals surface area contributed by atoms with Gasteiger partial charge in [0, 0.05) is 24.7 Å².